The maximum absolute atomic E-state index is 12.0. The van der Waals surface area contributed by atoms with E-state index in [1.54, 1.807) is 12.1 Å². The van der Waals surface area contributed by atoms with E-state index in [0.717, 1.165) is 32.2 Å². The molecule has 110 valence electrons. The van der Waals surface area contributed by atoms with E-state index < -0.39 is 9.84 Å². The molecular formula is C14H20N2O3S. The summed E-state index contributed by atoms with van der Waals surface area (Å²) < 4.78 is 22.9. The maximum atomic E-state index is 12.0. The van der Waals surface area contributed by atoms with Gasteiger partial charge in [-0.2, -0.15) is 0 Å². The van der Waals surface area contributed by atoms with Gasteiger partial charge in [-0.05, 0) is 50.0 Å². The van der Waals surface area contributed by atoms with E-state index in [0.29, 0.717) is 18.0 Å². The molecule has 5 nitrogen and oxygen atoms in total. The lowest BCUT2D eigenvalue weighted by atomic mass is 9.96. The van der Waals surface area contributed by atoms with Crippen molar-refractivity contribution >= 4 is 21.4 Å². The van der Waals surface area contributed by atoms with Gasteiger partial charge >= 0.3 is 0 Å². The van der Waals surface area contributed by atoms with Crippen molar-refractivity contribution in [2.45, 2.75) is 24.2 Å². The Bertz CT molecular complexity index is 578. The van der Waals surface area contributed by atoms with E-state index in [9.17, 15) is 13.2 Å². The number of piperidine rings is 1. The molecule has 1 amide bonds. The molecule has 0 spiro atoms. The van der Waals surface area contributed by atoms with Crippen molar-refractivity contribution in [3.8, 4) is 0 Å². The predicted molar refractivity (Wildman–Crippen MR) is 78.4 cm³/mol. The number of nitrogens with one attached hydrogen (secondary N) is 2. The highest BCUT2D eigenvalue weighted by molar-refractivity contribution is 7.90. The van der Waals surface area contributed by atoms with Crippen molar-refractivity contribution < 1.29 is 13.2 Å². The highest BCUT2D eigenvalue weighted by Gasteiger charge is 2.17. The molecule has 1 aliphatic heterocycles. The van der Waals surface area contributed by atoms with Gasteiger partial charge < -0.3 is 10.6 Å². The Morgan fingerprint density at radius 3 is 2.90 bits per heavy atom. The van der Waals surface area contributed by atoms with Crippen LogP contribution in [0.1, 0.15) is 19.3 Å². The Labute approximate surface area is 119 Å². The molecule has 1 aromatic rings. The van der Waals surface area contributed by atoms with Gasteiger partial charge in [0.2, 0.25) is 5.91 Å². The number of carbonyl (C=O) groups is 1. The van der Waals surface area contributed by atoms with Crippen molar-refractivity contribution in [3.63, 3.8) is 0 Å². The van der Waals surface area contributed by atoms with E-state index in [1.165, 1.54) is 12.1 Å². The van der Waals surface area contributed by atoms with Crippen molar-refractivity contribution in [3.05, 3.63) is 24.3 Å². The van der Waals surface area contributed by atoms with Crippen molar-refractivity contribution in [1.82, 2.24) is 5.32 Å². The van der Waals surface area contributed by atoms with Crippen LogP contribution in [-0.2, 0) is 14.6 Å². The lowest BCUT2D eigenvalue weighted by Gasteiger charge is -2.22. The number of amides is 1. The summed E-state index contributed by atoms with van der Waals surface area (Å²) >= 11 is 0. The van der Waals surface area contributed by atoms with Gasteiger partial charge in [-0.15, -0.1) is 0 Å². The van der Waals surface area contributed by atoms with E-state index >= 15 is 0 Å². The van der Waals surface area contributed by atoms with Gasteiger partial charge in [0.05, 0.1) is 4.90 Å². The van der Waals surface area contributed by atoms with Gasteiger partial charge in [0.15, 0.2) is 9.84 Å². The molecule has 1 fully saturated rings. The minimum atomic E-state index is -3.25. The monoisotopic (exact) mass is 296 g/mol. The molecule has 1 aliphatic rings. The second-order valence-corrected chi connectivity index (χ2v) is 7.28. The van der Waals surface area contributed by atoms with Gasteiger partial charge in [0.25, 0.3) is 0 Å². The lowest BCUT2D eigenvalue weighted by molar-refractivity contribution is -0.117. The van der Waals surface area contributed by atoms with Gasteiger partial charge in [-0.25, -0.2) is 8.42 Å². The number of benzene rings is 1. The molecule has 0 saturated carbocycles. The fraction of sp³-hybridized carbons (Fsp3) is 0.500. The fourth-order valence-electron chi connectivity index (χ4n) is 2.38. The van der Waals surface area contributed by atoms with Crippen LogP contribution in [0.25, 0.3) is 0 Å². The quantitative estimate of drug-likeness (QED) is 0.881. The first-order valence-electron chi connectivity index (χ1n) is 6.76. The molecule has 6 heteroatoms. The third-order valence-corrected chi connectivity index (χ3v) is 4.53. The Morgan fingerprint density at radius 1 is 1.45 bits per heavy atom. The Kier molecular flexibility index (Phi) is 4.77. The van der Waals surface area contributed by atoms with Gasteiger partial charge in [0.1, 0.15) is 0 Å². The molecule has 1 heterocycles. The predicted octanol–water partition coefficient (Wildman–Crippen LogP) is 1.42. The number of rotatable bonds is 4. The van der Waals surface area contributed by atoms with Crippen LogP contribution >= 0.6 is 0 Å². The molecule has 1 unspecified atom stereocenters. The smallest absolute Gasteiger partial charge is 0.224 e. The van der Waals surface area contributed by atoms with Gasteiger partial charge in [-0.3, -0.25) is 4.79 Å². The van der Waals surface area contributed by atoms with Crippen molar-refractivity contribution in [1.29, 1.82) is 0 Å². The van der Waals surface area contributed by atoms with Crippen LogP contribution in [0.5, 0.6) is 0 Å². The summed E-state index contributed by atoms with van der Waals surface area (Å²) in [6.07, 6.45) is 3.78. The minimum Gasteiger partial charge on any atom is -0.326 e. The molecule has 0 bridgehead atoms. The van der Waals surface area contributed by atoms with Crippen molar-refractivity contribution in [2.24, 2.45) is 5.92 Å². The summed E-state index contributed by atoms with van der Waals surface area (Å²) in [5, 5.41) is 6.04. The van der Waals surface area contributed by atoms with Crippen LogP contribution in [0.4, 0.5) is 5.69 Å². The standard InChI is InChI=1S/C14H20N2O3S/c1-20(18,19)13-6-2-5-12(9-13)16-14(17)8-11-4-3-7-15-10-11/h2,5-6,9,11,15H,3-4,7-8,10H2,1H3,(H,16,17). The molecule has 1 atom stereocenters. The third-order valence-electron chi connectivity index (χ3n) is 3.42. The molecule has 1 aromatic carbocycles. The number of hydrogen-bond donors (Lipinski definition) is 2. The van der Waals surface area contributed by atoms with Gasteiger partial charge in [0, 0.05) is 18.4 Å². The number of sulfone groups is 1. The average Bonchev–Trinajstić information content (AvgIpc) is 2.39. The van der Waals surface area contributed by atoms with Crippen LogP contribution in [-0.4, -0.2) is 33.7 Å². The van der Waals surface area contributed by atoms with E-state index in [4.69, 9.17) is 0 Å². The first-order valence-corrected chi connectivity index (χ1v) is 8.65. The maximum Gasteiger partial charge on any atom is 0.224 e. The fourth-order valence-corrected chi connectivity index (χ4v) is 3.04. The highest BCUT2D eigenvalue weighted by Crippen LogP contribution is 2.18. The normalized spacial score (nSPS) is 19.6. The zero-order chi connectivity index (χ0) is 14.6. The first-order chi connectivity index (χ1) is 9.45. The van der Waals surface area contributed by atoms with Crippen LogP contribution in [0.3, 0.4) is 0 Å². The van der Waals surface area contributed by atoms with E-state index in [-0.39, 0.29) is 10.8 Å². The lowest BCUT2D eigenvalue weighted by Crippen LogP contribution is -2.32. The van der Waals surface area contributed by atoms with E-state index in [1.807, 2.05) is 0 Å². The van der Waals surface area contributed by atoms with E-state index in [2.05, 4.69) is 10.6 Å². The largest absolute Gasteiger partial charge is 0.326 e. The second kappa shape index (κ2) is 6.37. The van der Waals surface area contributed by atoms with Crippen molar-refractivity contribution in [2.75, 3.05) is 24.7 Å². The number of carbonyl (C=O) groups excluding carboxylic acids is 1. The summed E-state index contributed by atoms with van der Waals surface area (Å²) in [5.41, 5.74) is 0.529. The SMILES string of the molecule is CS(=O)(=O)c1cccc(NC(=O)CC2CCCNC2)c1. The summed E-state index contributed by atoms with van der Waals surface area (Å²) in [5.74, 6) is 0.297. The summed E-state index contributed by atoms with van der Waals surface area (Å²) in [6.45, 7) is 1.89. The first kappa shape index (κ1) is 15.0. The molecular weight excluding hydrogens is 276 g/mol. The Hall–Kier alpha value is -1.40. The summed E-state index contributed by atoms with van der Waals surface area (Å²) in [4.78, 5) is 12.2. The zero-order valence-corrected chi connectivity index (χ0v) is 12.4. The Balaban J connectivity index is 1.97. The summed E-state index contributed by atoms with van der Waals surface area (Å²) in [7, 11) is -3.25. The zero-order valence-electron chi connectivity index (χ0n) is 11.6. The van der Waals surface area contributed by atoms with Crippen LogP contribution in [0.15, 0.2) is 29.2 Å². The number of anilines is 1. The number of hydrogen-bond acceptors (Lipinski definition) is 4. The molecule has 1 saturated heterocycles. The molecule has 2 rings (SSSR count). The molecule has 0 aliphatic carbocycles. The molecule has 0 radical (unpaired) electrons. The molecule has 2 N–H and O–H groups in total. The van der Waals surface area contributed by atoms with Crippen LogP contribution in [0.2, 0.25) is 0 Å². The van der Waals surface area contributed by atoms with Crippen LogP contribution in [0, 0.1) is 5.92 Å². The Morgan fingerprint density at radius 2 is 2.25 bits per heavy atom. The second-order valence-electron chi connectivity index (χ2n) is 5.26. The topological polar surface area (TPSA) is 75.3 Å². The average molecular weight is 296 g/mol. The summed E-state index contributed by atoms with van der Waals surface area (Å²) in [6, 6.07) is 6.35. The molecule has 20 heavy (non-hydrogen) atoms. The third kappa shape index (κ3) is 4.31. The minimum absolute atomic E-state index is 0.0654. The highest BCUT2D eigenvalue weighted by atomic mass is 32.2. The van der Waals surface area contributed by atoms with Gasteiger partial charge in [-0.1, -0.05) is 6.07 Å². The van der Waals surface area contributed by atoms with Crippen LogP contribution < -0.4 is 10.6 Å². The molecule has 0 aromatic heterocycles.